The van der Waals surface area contributed by atoms with Crippen LogP contribution in [-0.2, 0) is 0 Å². The Balaban J connectivity index is 2.94. The van der Waals surface area contributed by atoms with E-state index in [1.54, 1.807) is 13.8 Å². The van der Waals surface area contributed by atoms with Gasteiger partial charge in [0.1, 0.15) is 11.6 Å². The van der Waals surface area contributed by atoms with E-state index in [1.807, 2.05) is 0 Å². The number of fused-ring (bicyclic) bond motifs is 1. The van der Waals surface area contributed by atoms with Crippen LogP contribution in [0, 0.1) is 25.5 Å². The van der Waals surface area contributed by atoms with E-state index < -0.39 is 11.6 Å². The van der Waals surface area contributed by atoms with E-state index in [9.17, 15) is 8.78 Å². The van der Waals surface area contributed by atoms with Crippen molar-refractivity contribution in [2.24, 2.45) is 0 Å². The largest absolute Gasteiger partial charge is 0.205 e. The Hall–Kier alpha value is -0.480. The maximum absolute atomic E-state index is 13.2. The first kappa shape index (κ1) is 8.13. The third-order valence-electron chi connectivity index (χ3n) is 1.75. The molecule has 0 radical (unpaired) electrons. The normalized spacial score (nSPS) is 11.3. The van der Waals surface area contributed by atoms with E-state index >= 15 is 0 Å². The van der Waals surface area contributed by atoms with Crippen LogP contribution in [0.1, 0.15) is 9.75 Å². The van der Waals surface area contributed by atoms with Crippen LogP contribution in [-0.4, -0.2) is 0 Å². The third kappa shape index (κ3) is 0.912. The quantitative estimate of drug-likeness (QED) is 0.611. The zero-order valence-electron chi connectivity index (χ0n) is 6.57. The fraction of sp³-hybridized carbons (Fsp3) is 0.250. The van der Waals surface area contributed by atoms with Gasteiger partial charge < -0.3 is 0 Å². The molecule has 2 aromatic heterocycles. The number of hydrogen-bond donors (Lipinski definition) is 0. The highest BCUT2D eigenvalue weighted by atomic mass is 32.2. The number of halogens is 2. The standard InChI is InChI=1S/C8H6F2S2/c1-3-6(9)5-7(10)4(2)12-8(5)11-3/h1-2H3. The monoisotopic (exact) mass is 204 g/mol. The number of thiophene rings is 2. The molecule has 2 aromatic rings. The lowest BCUT2D eigenvalue weighted by atomic mass is 10.3. The summed E-state index contributed by atoms with van der Waals surface area (Å²) in [6, 6.07) is 0. The van der Waals surface area contributed by atoms with Gasteiger partial charge in [0, 0.05) is 9.75 Å². The average molecular weight is 204 g/mol. The summed E-state index contributed by atoms with van der Waals surface area (Å²) in [5.74, 6) is -0.784. The number of hydrogen-bond acceptors (Lipinski definition) is 2. The van der Waals surface area contributed by atoms with Crippen LogP contribution in [0.25, 0.3) is 9.40 Å². The van der Waals surface area contributed by atoms with Gasteiger partial charge in [0.25, 0.3) is 0 Å². The van der Waals surface area contributed by atoms with Gasteiger partial charge in [-0.1, -0.05) is 0 Å². The topological polar surface area (TPSA) is 0 Å². The Labute approximate surface area is 76.5 Å². The molecule has 4 heteroatoms. The number of rotatable bonds is 0. The summed E-state index contributed by atoms with van der Waals surface area (Å²) >= 11 is 2.63. The lowest BCUT2D eigenvalue weighted by Gasteiger charge is -1.85. The highest BCUT2D eigenvalue weighted by molar-refractivity contribution is 7.38. The van der Waals surface area contributed by atoms with Crippen LogP contribution in [0.2, 0.25) is 0 Å². The molecule has 0 fully saturated rings. The van der Waals surface area contributed by atoms with Crippen molar-refractivity contribution < 1.29 is 8.78 Å². The first-order chi connectivity index (χ1) is 5.61. The molecule has 0 aliphatic carbocycles. The molecule has 0 amide bonds. The second kappa shape index (κ2) is 2.50. The smallest absolute Gasteiger partial charge is 0.148 e. The summed E-state index contributed by atoms with van der Waals surface area (Å²) in [6.07, 6.45) is 0. The van der Waals surface area contributed by atoms with Crippen molar-refractivity contribution in [2.75, 3.05) is 0 Å². The van der Waals surface area contributed by atoms with Crippen molar-refractivity contribution in [3.63, 3.8) is 0 Å². The van der Waals surface area contributed by atoms with Crippen molar-refractivity contribution >= 4 is 32.1 Å². The molecule has 0 unspecified atom stereocenters. The predicted octanol–water partition coefficient (Wildman–Crippen LogP) is 3.86. The fourth-order valence-electron chi connectivity index (χ4n) is 1.12. The Morgan fingerprint density at radius 2 is 1.33 bits per heavy atom. The van der Waals surface area contributed by atoms with Gasteiger partial charge >= 0.3 is 0 Å². The summed E-state index contributed by atoms with van der Waals surface area (Å²) in [6.45, 7) is 3.34. The van der Waals surface area contributed by atoms with Crippen LogP contribution < -0.4 is 0 Å². The van der Waals surface area contributed by atoms with Gasteiger partial charge in [0.05, 0.1) is 9.40 Å². The summed E-state index contributed by atoms with van der Waals surface area (Å²) < 4.78 is 27.2. The summed E-state index contributed by atoms with van der Waals surface area (Å²) in [7, 11) is 0. The van der Waals surface area contributed by atoms with Gasteiger partial charge in [-0.15, -0.1) is 22.7 Å². The summed E-state index contributed by atoms with van der Waals surface area (Å²) in [5.41, 5.74) is 0. The Kier molecular flexibility index (Phi) is 1.70. The summed E-state index contributed by atoms with van der Waals surface area (Å²) in [4.78, 5) is 1.13. The van der Waals surface area contributed by atoms with E-state index in [0.717, 1.165) is 4.01 Å². The van der Waals surface area contributed by atoms with Crippen LogP contribution in [0.4, 0.5) is 8.78 Å². The molecular weight excluding hydrogens is 198 g/mol. The zero-order chi connectivity index (χ0) is 8.88. The maximum atomic E-state index is 13.2. The minimum absolute atomic E-state index is 0.181. The van der Waals surface area contributed by atoms with Gasteiger partial charge in [0.15, 0.2) is 0 Å². The molecule has 0 nitrogen and oxygen atoms in total. The molecule has 64 valence electrons. The number of aryl methyl sites for hydroxylation is 2. The molecule has 2 rings (SSSR count). The van der Waals surface area contributed by atoms with Crippen LogP contribution in [0.15, 0.2) is 0 Å². The molecule has 0 N–H and O–H groups in total. The van der Waals surface area contributed by atoms with Gasteiger partial charge in [-0.05, 0) is 13.8 Å². The van der Waals surface area contributed by atoms with Crippen molar-refractivity contribution in [2.45, 2.75) is 13.8 Å². The van der Waals surface area contributed by atoms with Gasteiger partial charge in [-0.25, -0.2) is 8.78 Å². The van der Waals surface area contributed by atoms with E-state index in [1.165, 1.54) is 22.7 Å². The van der Waals surface area contributed by atoms with E-state index in [4.69, 9.17) is 0 Å². The van der Waals surface area contributed by atoms with Gasteiger partial charge in [-0.2, -0.15) is 0 Å². The molecule has 2 heterocycles. The van der Waals surface area contributed by atoms with Crippen molar-refractivity contribution in [3.05, 3.63) is 21.4 Å². The van der Waals surface area contributed by atoms with E-state index in [0.29, 0.717) is 9.75 Å². The highest BCUT2D eigenvalue weighted by Crippen LogP contribution is 2.38. The maximum Gasteiger partial charge on any atom is 0.148 e. The minimum Gasteiger partial charge on any atom is -0.205 e. The molecule has 0 aromatic carbocycles. The van der Waals surface area contributed by atoms with Crippen LogP contribution >= 0.6 is 22.7 Å². The molecule has 0 atom stereocenters. The second-order valence-electron chi connectivity index (χ2n) is 2.61. The fourth-order valence-corrected chi connectivity index (χ4v) is 3.54. The molecule has 0 aliphatic rings. The molecule has 0 saturated heterocycles. The average Bonchev–Trinajstić information content (AvgIpc) is 2.40. The van der Waals surface area contributed by atoms with E-state index in [2.05, 4.69) is 0 Å². The molecule has 0 saturated carbocycles. The van der Waals surface area contributed by atoms with Crippen molar-refractivity contribution in [3.8, 4) is 0 Å². The highest BCUT2D eigenvalue weighted by Gasteiger charge is 2.17. The first-order valence-corrected chi connectivity index (χ1v) is 5.08. The minimum atomic E-state index is -0.392. The van der Waals surface area contributed by atoms with Crippen LogP contribution in [0.3, 0.4) is 0 Å². The molecular formula is C8H6F2S2. The Morgan fingerprint density at radius 3 is 1.67 bits per heavy atom. The van der Waals surface area contributed by atoms with E-state index in [-0.39, 0.29) is 5.39 Å². The first-order valence-electron chi connectivity index (χ1n) is 3.44. The third-order valence-corrected chi connectivity index (χ3v) is 4.00. The van der Waals surface area contributed by atoms with Gasteiger partial charge in [0.2, 0.25) is 0 Å². The molecule has 0 spiro atoms. The zero-order valence-corrected chi connectivity index (χ0v) is 8.21. The Bertz CT molecular complexity index is 402. The van der Waals surface area contributed by atoms with Crippen molar-refractivity contribution in [1.82, 2.24) is 0 Å². The van der Waals surface area contributed by atoms with Crippen LogP contribution in [0.5, 0.6) is 0 Å². The lowest BCUT2D eigenvalue weighted by Crippen LogP contribution is -1.76. The summed E-state index contributed by atoms with van der Waals surface area (Å²) in [5, 5.41) is 0.181. The molecule has 0 aliphatic heterocycles. The predicted molar refractivity (Wildman–Crippen MR) is 49.1 cm³/mol. The van der Waals surface area contributed by atoms with Crippen molar-refractivity contribution in [1.29, 1.82) is 0 Å². The van der Waals surface area contributed by atoms with Gasteiger partial charge in [-0.3, -0.25) is 0 Å². The SMILES string of the molecule is Cc1sc2sc(C)c(F)c2c1F. The molecule has 12 heavy (non-hydrogen) atoms. The Morgan fingerprint density at radius 1 is 0.917 bits per heavy atom. The second-order valence-corrected chi connectivity index (χ2v) is 5.31. The molecule has 0 bridgehead atoms. The lowest BCUT2D eigenvalue weighted by molar-refractivity contribution is 0.606.